The van der Waals surface area contributed by atoms with Gasteiger partial charge in [0.25, 0.3) is 0 Å². The Morgan fingerprint density at radius 3 is 2.69 bits per heavy atom. The van der Waals surface area contributed by atoms with Crippen molar-refractivity contribution in [1.29, 1.82) is 0 Å². The van der Waals surface area contributed by atoms with E-state index in [0.717, 1.165) is 5.56 Å². The van der Waals surface area contributed by atoms with Crippen molar-refractivity contribution in [3.05, 3.63) is 29.3 Å². The second-order valence-electron chi connectivity index (χ2n) is 3.75. The maximum Gasteiger partial charge on any atom is 0.335 e. The largest absolute Gasteiger partial charge is 0.480 e. The molecule has 1 aromatic carbocycles. The number of carboxylic acid groups (broad SMARTS) is 2. The van der Waals surface area contributed by atoms with Crippen molar-refractivity contribution in [2.45, 2.75) is 18.9 Å². The number of carbonyl (C=O) groups is 2. The molecule has 0 aliphatic carbocycles. The number of hydrogen-bond donors (Lipinski definition) is 3. The molecule has 0 aromatic heterocycles. The molecule has 2 rings (SSSR count). The summed E-state index contributed by atoms with van der Waals surface area (Å²) < 4.78 is 0. The number of anilines is 1. The van der Waals surface area contributed by atoms with E-state index in [2.05, 4.69) is 5.32 Å². The standard InChI is InChI=1S/C11H11NO4/c13-10(14)7-2-3-8-6(5-7)1-4-9(12-8)11(15)16/h2-3,5,9,12H,1,4H2,(H,13,14)(H,15,16)/t9-/m0/s1. The van der Waals surface area contributed by atoms with Crippen LogP contribution >= 0.6 is 0 Å². The fourth-order valence-corrected chi connectivity index (χ4v) is 1.82. The Bertz CT molecular complexity index is 455. The van der Waals surface area contributed by atoms with E-state index in [1.54, 1.807) is 12.1 Å². The van der Waals surface area contributed by atoms with E-state index in [-0.39, 0.29) is 5.56 Å². The third kappa shape index (κ3) is 1.84. The summed E-state index contributed by atoms with van der Waals surface area (Å²) in [6, 6.07) is 4.10. The van der Waals surface area contributed by atoms with Gasteiger partial charge in [-0.2, -0.15) is 0 Å². The van der Waals surface area contributed by atoms with Crippen molar-refractivity contribution < 1.29 is 19.8 Å². The predicted molar refractivity (Wildman–Crippen MR) is 56.8 cm³/mol. The Hall–Kier alpha value is -2.04. The average Bonchev–Trinajstić information content (AvgIpc) is 2.27. The summed E-state index contributed by atoms with van der Waals surface area (Å²) >= 11 is 0. The van der Waals surface area contributed by atoms with Crippen molar-refractivity contribution in [1.82, 2.24) is 0 Å². The Labute approximate surface area is 91.7 Å². The van der Waals surface area contributed by atoms with Crippen LogP contribution in [-0.2, 0) is 11.2 Å². The number of hydrogen-bond acceptors (Lipinski definition) is 3. The molecular weight excluding hydrogens is 210 g/mol. The first kappa shape index (κ1) is 10.5. The summed E-state index contributed by atoms with van der Waals surface area (Å²) in [6.45, 7) is 0. The van der Waals surface area contributed by atoms with Gasteiger partial charge in [0.15, 0.2) is 0 Å². The van der Waals surface area contributed by atoms with E-state index < -0.39 is 18.0 Å². The topological polar surface area (TPSA) is 86.6 Å². The second-order valence-corrected chi connectivity index (χ2v) is 3.75. The van der Waals surface area contributed by atoms with E-state index in [4.69, 9.17) is 10.2 Å². The highest BCUT2D eigenvalue weighted by molar-refractivity contribution is 5.89. The van der Waals surface area contributed by atoms with Crippen LogP contribution in [0.1, 0.15) is 22.3 Å². The smallest absolute Gasteiger partial charge is 0.335 e. The van der Waals surface area contributed by atoms with Crippen LogP contribution in [0, 0.1) is 0 Å². The van der Waals surface area contributed by atoms with E-state index in [1.165, 1.54) is 6.07 Å². The molecule has 0 saturated heterocycles. The molecule has 5 heteroatoms. The average molecular weight is 221 g/mol. The Morgan fingerprint density at radius 2 is 2.06 bits per heavy atom. The van der Waals surface area contributed by atoms with Crippen molar-refractivity contribution in [2.75, 3.05) is 5.32 Å². The van der Waals surface area contributed by atoms with E-state index >= 15 is 0 Å². The second kappa shape index (κ2) is 3.84. The molecule has 16 heavy (non-hydrogen) atoms. The molecule has 1 aliphatic heterocycles. The molecule has 1 atom stereocenters. The lowest BCUT2D eigenvalue weighted by Gasteiger charge is -2.24. The molecule has 84 valence electrons. The van der Waals surface area contributed by atoms with Crippen LogP contribution in [0.4, 0.5) is 5.69 Å². The van der Waals surface area contributed by atoms with Crippen LogP contribution in [0.2, 0.25) is 0 Å². The summed E-state index contributed by atoms with van der Waals surface area (Å²) in [5, 5.41) is 20.5. The van der Waals surface area contributed by atoms with Gasteiger partial charge in [0.1, 0.15) is 6.04 Å². The Morgan fingerprint density at radius 1 is 1.31 bits per heavy atom. The zero-order valence-corrected chi connectivity index (χ0v) is 8.43. The highest BCUT2D eigenvalue weighted by Gasteiger charge is 2.23. The summed E-state index contributed by atoms with van der Waals surface area (Å²) in [6.07, 6.45) is 1.06. The summed E-state index contributed by atoms with van der Waals surface area (Å²) in [4.78, 5) is 21.5. The molecule has 0 amide bonds. The molecule has 0 radical (unpaired) electrons. The SMILES string of the molecule is O=C(O)c1ccc2c(c1)CC[C@@H](C(=O)O)N2. The quantitative estimate of drug-likeness (QED) is 0.698. The van der Waals surface area contributed by atoms with Gasteiger partial charge in [0, 0.05) is 5.69 Å². The fourth-order valence-electron chi connectivity index (χ4n) is 1.82. The van der Waals surface area contributed by atoms with Crippen LogP contribution in [0.25, 0.3) is 0 Å². The van der Waals surface area contributed by atoms with Crippen LogP contribution in [-0.4, -0.2) is 28.2 Å². The van der Waals surface area contributed by atoms with Gasteiger partial charge in [-0.05, 0) is 36.6 Å². The van der Waals surface area contributed by atoms with Crippen LogP contribution in [0.5, 0.6) is 0 Å². The maximum atomic E-state index is 10.8. The van der Waals surface area contributed by atoms with Crippen LogP contribution < -0.4 is 5.32 Å². The Kier molecular flexibility index (Phi) is 2.52. The van der Waals surface area contributed by atoms with E-state index in [1.807, 2.05) is 0 Å². The summed E-state index contributed by atoms with van der Waals surface area (Å²) in [5.41, 5.74) is 1.80. The van der Waals surface area contributed by atoms with Crippen molar-refractivity contribution in [2.24, 2.45) is 0 Å². The van der Waals surface area contributed by atoms with Gasteiger partial charge >= 0.3 is 11.9 Å². The van der Waals surface area contributed by atoms with Crippen LogP contribution in [0.3, 0.4) is 0 Å². The molecule has 0 saturated carbocycles. The third-order valence-electron chi connectivity index (χ3n) is 2.68. The van der Waals surface area contributed by atoms with Gasteiger partial charge < -0.3 is 15.5 Å². The number of fused-ring (bicyclic) bond motifs is 1. The number of nitrogens with one attached hydrogen (secondary N) is 1. The number of benzene rings is 1. The normalized spacial score (nSPS) is 18.4. The molecule has 0 unspecified atom stereocenters. The molecule has 0 spiro atoms. The van der Waals surface area contributed by atoms with Gasteiger partial charge in [0.2, 0.25) is 0 Å². The van der Waals surface area contributed by atoms with Gasteiger partial charge in [-0.25, -0.2) is 9.59 Å². The minimum Gasteiger partial charge on any atom is -0.480 e. The minimum atomic E-state index is -0.969. The first-order valence-corrected chi connectivity index (χ1v) is 4.93. The molecule has 0 bridgehead atoms. The zero-order chi connectivity index (χ0) is 11.7. The molecule has 1 aromatic rings. The maximum absolute atomic E-state index is 10.8. The van der Waals surface area contributed by atoms with Crippen molar-refractivity contribution in [3.63, 3.8) is 0 Å². The fraction of sp³-hybridized carbons (Fsp3) is 0.273. The number of aliphatic carboxylic acids is 1. The lowest BCUT2D eigenvalue weighted by atomic mass is 9.96. The summed E-state index contributed by atoms with van der Waals surface area (Å²) in [5.74, 6) is -1.85. The number of carboxylic acids is 2. The Balaban J connectivity index is 2.29. The highest BCUT2D eigenvalue weighted by atomic mass is 16.4. The van der Waals surface area contributed by atoms with E-state index in [9.17, 15) is 9.59 Å². The van der Waals surface area contributed by atoms with Crippen molar-refractivity contribution >= 4 is 17.6 Å². The number of aromatic carboxylic acids is 1. The molecule has 3 N–H and O–H groups in total. The highest BCUT2D eigenvalue weighted by Crippen LogP contribution is 2.25. The molecule has 0 fully saturated rings. The first-order valence-electron chi connectivity index (χ1n) is 4.93. The van der Waals surface area contributed by atoms with E-state index in [0.29, 0.717) is 18.5 Å². The van der Waals surface area contributed by atoms with Gasteiger partial charge in [-0.15, -0.1) is 0 Å². The predicted octanol–water partition coefficient (Wildman–Crippen LogP) is 1.20. The minimum absolute atomic E-state index is 0.231. The van der Waals surface area contributed by atoms with Gasteiger partial charge in [0.05, 0.1) is 5.56 Å². The molecule has 5 nitrogen and oxygen atoms in total. The monoisotopic (exact) mass is 221 g/mol. The van der Waals surface area contributed by atoms with Gasteiger partial charge in [-0.1, -0.05) is 0 Å². The van der Waals surface area contributed by atoms with Crippen LogP contribution in [0.15, 0.2) is 18.2 Å². The molecular formula is C11H11NO4. The lowest BCUT2D eigenvalue weighted by Crippen LogP contribution is -2.33. The van der Waals surface area contributed by atoms with Crippen molar-refractivity contribution in [3.8, 4) is 0 Å². The lowest BCUT2D eigenvalue weighted by molar-refractivity contribution is -0.138. The summed E-state index contributed by atoms with van der Waals surface area (Å²) in [7, 11) is 0. The first-order chi connectivity index (χ1) is 7.58. The zero-order valence-electron chi connectivity index (χ0n) is 8.43. The van der Waals surface area contributed by atoms with Gasteiger partial charge in [-0.3, -0.25) is 0 Å². The molecule has 1 aliphatic rings. The number of aryl methyl sites for hydroxylation is 1. The third-order valence-corrected chi connectivity index (χ3v) is 2.68. The molecule has 1 heterocycles. The number of rotatable bonds is 2.